The van der Waals surface area contributed by atoms with E-state index in [1.807, 2.05) is 68.7 Å². The van der Waals surface area contributed by atoms with Gasteiger partial charge in [0.25, 0.3) is 0 Å². The molecule has 0 aliphatic carbocycles. The first-order chi connectivity index (χ1) is 15.5. The quantitative estimate of drug-likeness (QED) is 0.217. The summed E-state index contributed by atoms with van der Waals surface area (Å²) < 4.78 is 8.64. The minimum Gasteiger partial charge on any atom is -0.456 e. The molecule has 0 aliphatic heterocycles. The summed E-state index contributed by atoms with van der Waals surface area (Å²) in [6.07, 6.45) is 2.01. The van der Waals surface area contributed by atoms with Crippen molar-refractivity contribution in [2.24, 2.45) is 7.05 Å². The molecule has 152 valence electrons. The molecule has 5 rings (SSSR count). The number of aryl methyl sites for hydroxylation is 3. The predicted octanol–water partition coefficient (Wildman–Crippen LogP) is 7.46. The second-order valence-electron chi connectivity index (χ2n) is 8.01. The van der Waals surface area contributed by atoms with Crippen LogP contribution in [0.15, 0.2) is 71.3 Å². The van der Waals surface area contributed by atoms with E-state index in [-0.39, 0.29) is 0 Å². The van der Waals surface area contributed by atoms with Crippen molar-refractivity contribution in [1.29, 1.82) is 0 Å². The number of hydrogen-bond donors (Lipinski definition) is 0. The van der Waals surface area contributed by atoms with Crippen molar-refractivity contribution in [2.75, 3.05) is 0 Å². The highest BCUT2D eigenvalue weighted by molar-refractivity contribution is 6.18. The minimum absolute atomic E-state index is 0.547. The zero-order valence-corrected chi connectivity index (χ0v) is 18.1. The molecule has 4 heteroatoms. The zero-order chi connectivity index (χ0) is 22.4. The third-order valence-electron chi connectivity index (χ3n) is 5.97. The van der Waals surface area contributed by atoms with Gasteiger partial charge in [-0.15, -0.1) is 0 Å². The SMILES string of the molecule is [C-]#[N+]c1cc(C)ccc1-c1ccc([N+]#[C-])c2c1oc1c(-c3cccc[n+]3C)c(C)ccc12. The van der Waals surface area contributed by atoms with Crippen LogP contribution in [-0.2, 0) is 7.05 Å². The summed E-state index contributed by atoms with van der Waals surface area (Å²) in [7, 11) is 2.01. The molecule has 2 aromatic heterocycles. The lowest BCUT2D eigenvalue weighted by atomic mass is 9.97. The van der Waals surface area contributed by atoms with E-state index in [0.717, 1.165) is 49.9 Å². The Kier molecular flexibility index (Phi) is 4.51. The second kappa shape index (κ2) is 7.38. The predicted molar refractivity (Wildman–Crippen MR) is 128 cm³/mol. The summed E-state index contributed by atoms with van der Waals surface area (Å²) >= 11 is 0. The van der Waals surface area contributed by atoms with Gasteiger partial charge in [0.15, 0.2) is 17.6 Å². The maximum atomic E-state index is 7.75. The van der Waals surface area contributed by atoms with Gasteiger partial charge in [0.05, 0.1) is 18.7 Å². The van der Waals surface area contributed by atoms with Crippen LogP contribution in [0.1, 0.15) is 11.1 Å². The smallest absolute Gasteiger partial charge is 0.216 e. The van der Waals surface area contributed by atoms with E-state index in [4.69, 9.17) is 17.6 Å². The molecule has 0 unspecified atom stereocenters. The van der Waals surface area contributed by atoms with Crippen molar-refractivity contribution < 1.29 is 8.98 Å². The summed E-state index contributed by atoms with van der Waals surface area (Å²) in [6, 6.07) is 19.8. The first-order valence-electron chi connectivity index (χ1n) is 10.3. The number of fused-ring (bicyclic) bond motifs is 3. The van der Waals surface area contributed by atoms with E-state index < -0.39 is 0 Å². The molecular weight excluding hydrogens is 394 g/mol. The van der Waals surface area contributed by atoms with Crippen LogP contribution in [0.2, 0.25) is 0 Å². The number of rotatable bonds is 2. The Bertz CT molecular complexity index is 1630. The van der Waals surface area contributed by atoms with Crippen molar-refractivity contribution >= 4 is 33.3 Å². The Balaban J connectivity index is 1.95. The molecule has 0 radical (unpaired) electrons. The Morgan fingerprint density at radius 1 is 0.812 bits per heavy atom. The third kappa shape index (κ3) is 2.86. The molecule has 0 aliphatic rings. The van der Waals surface area contributed by atoms with Crippen LogP contribution in [-0.4, -0.2) is 0 Å². The average molecular weight is 414 g/mol. The van der Waals surface area contributed by atoms with Crippen molar-refractivity contribution in [3.8, 4) is 22.4 Å². The topological polar surface area (TPSA) is 25.7 Å². The van der Waals surface area contributed by atoms with E-state index >= 15 is 0 Å². The van der Waals surface area contributed by atoms with Crippen LogP contribution < -0.4 is 4.57 Å². The molecule has 0 fully saturated rings. The number of furan rings is 1. The van der Waals surface area contributed by atoms with Gasteiger partial charge < -0.3 is 4.42 Å². The fourth-order valence-corrected chi connectivity index (χ4v) is 4.39. The van der Waals surface area contributed by atoms with Crippen LogP contribution in [0.4, 0.5) is 11.4 Å². The number of benzene rings is 3. The van der Waals surface area contributed by atoms with Gasteiger partial charge in [-0.25, -0.2) is 14.3 Å². The molecule has 32 heavy (non-hydrogen) atoms. The number of hydrogen-bond acceptors (Lipinski definition) is 1. The number of nitrogens with zero attached hydrogens (tertiary/aromatic N) is 3. The summed E-state index contributed by atoms with van der Waals surface area (Å²) in [6.45, 7) is 19.5. The fourth-order valence-electron chi connectivity index (χ4n) is 4.39. The molecule has 0 saturated carbocycles. The number of pyridine rings is 1. The van der Waals surface area contributed by atoms with Gasteiger partial charge in [-0.3, -0.25) is 0 Å². The lowest BCUT2D eigenvalue weighted by Gasteiger charge is -2.07. The van der Waals surface area contributed by atoms with Crippen molar-refractivity contribution in [2.45, 2.75) is 13.8 Å². The lowest BCUT2D eigenvalue weighted by Crippen LogP contribution is -2.30. The Morgan fingerprint density at radius 3 is 2.34 bits per heavy atom. The van der Waals surface area contributed by atoms with Crippen molar-refractivity contribution in [3.05, 3.63) is 101 Å². The van der Waals surface area contributed by atoms with E-state index in [1.165, 1.54) is 0 Å². The maximum Gasteiger partial charge on any atom is 0.216 e. The van der Waals surface area contributed by atoms with Gasteiger partial charge >= 0.3 is 0 Å². The lowest BCUT2D eigenvalue weighted by molar-refractivity contribution is -0.660. The molecule has 0 spiro atoms. The van der Waals surface area contributed by atoms with Gasteiger partial charge in [0.1, 0.15) is 18.2 Å². The highest BCUT2D eigenvalue weighted by atomic mass is 16.3. The van der Waals surface area contributed by atoms with Crippen molar-refractivity contribution in [3.63, 3.8) is 0 Å². The third-order valence-corrected chi connectivity index (χ3v) is 5.97. The zero-order valence-electron chi connectivity index (χ0n) is 18.1. The normalized spacial score (nSPS) is 10.9. The highest BCUT2D eigenvalue weighted by Crippen LogP contribution is 2.46. The van der Waals surface area contributed by atoms with Gasteiger partial charge in [0, 0.05) is 28.5 Å². The van der Waals surface area contributed by atoms with E-state index in [0.29, 0.717) is 17.0 Å². The monoisotopic (exact) mass is 414 g/mol. The summed E-state index contributed by atoms with van der Waals surface area (Å²) in [5.41, 5.74) is 8.36. The molecule has 0 saturated heterocycles. The molecule has 3 aromatic carbocycles. The largest absolute Gasteiger partial charge is 0.456 e. The van der Waals surface area contributed by atoms with Crippen LogP contribution in [0.25, 0.3) is 54.0 Å². The highest BCUT2D eigenvalue weighted by Gasteiger charge is 2.23. The molecule has 4 nitrogen and oxygen atoms in total. The molecule has 2 heterocycles. The van der Waals surface area contributed by atoms with Gasteiger partial charge in [0.2, 0.25) is 5.69 Å². The van der Waals surface area contributed by atoms with Crippen LogP contribution in [0.5, 0.6) is 0 Å². The molecule has 0 bridgehead atoms. The Hall–Kier alpha value is -4.41. The van der Waals surface area contributed by atoms with E-state index in [1.54, 1.807) is 0 Å². The maximum absolute atomic E-state index is 7.75. The van der Waals surface area contributed by atoms with Gasteiger partial charge in [-0.05, 0) is 31.0 Å². The van der Waals surface area contributed by atoms with Crippen LogP contribution in [0, 0.1) is 27.0 Å². The fraction of sp³-hybridized carbons (Fsp3) is 0.107. The first kappa shape index (κ1) is 19.5. The standard InChI is InChI=1S/C28H20N3O/c1-17-9-11-19(23(16-17)30-4)20-13-14-22(29-3)26-21-12-10-18(2)25(28(21)32-27(20)26)24-8-6-7-15-31(24)5/h6-16H,1-2,5H3/q+1. The summed E-state index contributed by atoms with van der Waals surface area (Å²) in [5.74, 6) is 0. The van der Waals surface area contributed by atoms with Crippen LogP contribution >= 0.6 is 0 Å². The van der Waals surface area contributed by atoms with Crippen molar-refractivity contribution in [1.82, 2.24) is 0 Å². The molecule has 0 N–H and O–H groups in total. The summed E-state index contributed by atoms with van der Waals surface area (Å²) in [4.78, 5) is 7.53. The van der Waals surface area contributed by atoms with E-state index in [2.05, 4.69) is 33.3 Å². The minimum atomic E-state index is 0.547. The van der Waals surface area contributed by atoms with Gasteiger partial charge in [-0.2, -0.15) is 0 Å². The Morgan fingerprint density at radius 2 is 1.59 bits per heavy atom. The van der Waals surface area contributed by atoms with Gasteiger partial charge in [-0.1, -0.05) is 48.0 Å². The molecule has 5 aromatic rings. The van der Waals surface area contributed by atoms with E-state index in [9.17, 15) is 0 Å². The average Bonchev–Trinajstić information content (AvgIpc) is 3.19. The molecule has 0 atom stereocenters. The number of aromatic nitrogens is 1. The first-order valence-corrected chi connectivity index (χ1v) is 10.3. The van der Waals surface area contributed by atoms with Crippen LogP contribution in [0.3, 0.4) is 0 Å². The molecule has 0 amide bonds. The second-order valence-corrected chi connectivity index (χ2v) is 8.01. The molecular formula is C28H20N3O+. The Labute approximate surface area is 186 Å². The summed E-state index contributed by atoms with van der Waals surface area (Å²) in [5, 5.41) is 1.71.